The highest BCUT2D eigenvalue weighted by molar-refractivity contribution is 6.21. The van der Waals surface area contributed by atoms with E-state index in [4.69, 9.17) is 0 Å². The van der Waals surface area contributed by atoms with Gasteiger partial charge in [-0.05, 0) is 6.07 Å². The third kappa shape index (κ3) is 1.30. The molecule has 6 heteroatoms. The van der Waals surface area contributed by atoms with Crippen LogP contribution in [0.15, 0.2) is 18.2 Å². The summed E-state index contributed by atoms with van der Waals surface area (Å²) in [5.74, 6) is -2.39. The van der Waals surface area contributed by atoms with Gasteiger partial charge in [-0.2, -0.15) is 0 Å². The fraction of sp³-hybridized carbons (Fsp3) is 0.200. The van der Waals surface area contributed by atoms with E-state index in [1.165, 1.54) is 12.1 Å². The highest BCUT2D eigenvalue weighted by Gasteiger charge is 2.39. The molecule has 0 fully saturated rings. The molecule has 0 saturated heterocycles. The van der Waals surface area contributed by atoms with Crippen molar-refractivity contribution in [2.24, 2.45) is 0 Å². The Bertz CT molecular complexity index is 475. The zero-order chi connectivity index (χ0) is 11.9. The minimum absolute atomic E-state index is 0.235. The van der Waals surface area contributed by atoms with Gasteiger partial charge in [0, 0.05) is 5.56 Å². The Morgan fingerprint density at radius 2 is 1.94 bits per heavy atom. The summed E-state index contributed by atoms with van der Waals surface area (Å²) in [7, 11) is 0. The van der Waals surface area contributed by atoms with Crippen LogP contribution in [0.5, 0.6) is 0 Å². The van der Waals surface area contributed by atoms with E-state index in [1.54, 1.807) is 0 Å². The molecule has 1 heterocycles. The lowest BCUT2D eigenvalue weighted by Gasteiger charge is -2.07. The fourth-order valence-corrected chi connectivity index (χ4v) is 1.63. The van der Waals surface area contributed by atoms with Crippen LogP contribution >= 0.6 is 0 Å². The SMILES string of the molecule is O=C1c2cccc(C(F)CF)c2C(=O)N1F. The van der Waals surface area contributed by atoms with E-state index in [0.29, 0.717) is 0 Å². The van der Waals surface area contributed by atoms with Crippen LogP contribution in [-0.2, 0) is 0 Å². The summed E-state index contributed by atoms with van der Waals surface area (Å²) in [6.07, 6.45) is -2.03. The normalized spacial score (nSPS) is 16.6. The number of halogens is 3. The molecule has 0 bridgehead atoms. The van der Waals surface area contributed by atoms with E-state index in [1.807, 2.05) is 0 Å². The van der Waals surface area contributed by atoms with Gasteiger partial charge >= 0.3 is 0 Å². The second kappa shape index (κ2) is 3.62. The maximum Gasteiger partial charge on any atom is 0.290 e. The van der Waals surface area contributed by atoms with Crippen molar-refractivity contribution in [2.75, 3.05) is 6.67 Å². The number of alkyl halides is 2. The zero-order valence-corrected chi connectivity index (χ0v) is 7.91. The third-order valence-corrected chi connectivity index (χ3v) is 2.37. The number of carbonyl (C=O) groups is 2. The van der Waals surface area contributed by atoms with Gasteiger partial charge in [0.1, 0.15) is 6.67 Å². The van der Waals surface area contributed by atoms with E-state index in [-0.39, 0.29) is 16.7 Å². The first-order valence-corrected chi connectivity index (χ1v) is 4.45. The van der Waals surface area contributed by atoms with Crippen LogP contribution in [0.25, 0.3) is 0 Å². The van der Waals surface area contributed by atoms with Gasteiger partial charge in [-0.3, -0.25) is 9.59 Å². The second-order valence-corrected chi connectivity index (χ2v) is 3.28. The van der Waals surface area contributed by atoms with Crippen LogP contribution < -0.4 is 0 Å². The third-order valence-electron chi connectivity index (χ3n) is 2.37. The molecule has 0 N–H and O–H groups in total. The van der Waals surface area contributed by atoms with Gasteiger partial charge in [0.15, 0.2) is 6.17 Å². The molecule has 0 aromatic heterocycles. The van der Waals surface area contributed by atoms with E-state index in [0.717, 1.165) is 6.07 Å². The number of fused-ring (bicyclic) bond motifs is 1. The standard InChI is InChI=1S/C10H6F3NO2/c11-4-7(12)5-2-1-3-6-8(5)10(16)14(13)9(6)15/h1-3,7H,4H2. The van der Waals surface area contributed by atoms with Crippen molar-refractivity contribution in [3.8, 4) is 0 Å². The Hall–Kier alpha value is -1.85. The Morgan fingerprint density at radius 1 is 1.25 bits per heavy atom. The minimum atomic E-state index is -2.03. The van der Waals surface area contributed by atoms with Crippen LogP contribution in [0.3, 0.4) is 0 Å². The van der Waals surface area contributed by atoms with Gasteiger partial charge in [-0.1, -0.05) is 16.6 Å². The Morgan fingerprint density at radius 3 is 2.56 bits per heavy atom. The Kier molecular flexibility index (Phi) is 2.41. The second-order valence-electron chi connectivity index (χ2n) is 3.28. The maximum absolute atomic E-state index is 13.2. The lowest BCUT2D eigenvalue weighted by Crippen LogP contribution is -2.20. The average molecular weight is 229 g/mol. The number of hydrogen-bond donors (Lipinski definition) is 0. The summed E-state index contributed by atoms with van der Waals surface area (Å²) in [5, 5.41) is -0.598. The summed E-state index contributed by atoms with van der Waals surface area (Å²) in [4.78, 5) is 22.5. The fourth-order valence-electron chi connectivity index (χ4n) is 1.63. The molecular weight excluding hydrogens is 223 g/mol. The lowest BCUT2D eigenvalue weighted by molar-refractivity contribution is 0.0228. The summed E-state index contributed by atoms with van der Waals surface area (Å²) < 4.78 is 38.3. The molecule has 0 saturated carbocycles. The number of nitrogens with zero attached hydrogens (tertiary/aromatic N) is 1. The number of rotatable bonds is 2. The van der Waals surface area contributed by atoms with Crippen LogP contribution in [0.2, 0.25) is 0 Å². The predicted molar refractivity (Wildman–Crippen MR) is 47.9 cm³/mol. The van der Waals surface area contributed by atoms with Crippen molar-refractivity contribution in [1.29, 1.82) is 0 Å². The largest absolute Gasteiger partial charge is 0.290 e. The number of hydrogen-bond acceptors (Lipinski definition) is 2. The highest BCUT2D eigenvalue weighted by atomic mass is 19.2. The molecular formula is C10H6F3NO2. The van der Waals surface area contributed by atoms with Gasteiger partial charge in [-0.25, -0.2) is 8.78 Å². The summed E-state index contributed by atoms with van der Waals surface area (Å²) in [5.41, 5.74) is -0.917. The molecule has 1 unspecified atom stereocenters. The van der Waals surface area contributed by atoms with E-state index < -0.39 is 29.8 Å². The Balaban J connectivity index is 2.62. The number of benzene rings is 1. The smallest absolute Gasteiger partial charge is 0.266 e. The quantitative estimate of drug-likeness (QED) is 0.575. The maximum atomic E-state index is 13.2. The highest BCUT2D eigenvalue weighted by Crippen LogP contribution is 2.31. The molecule has 3 nitrogen and oxygen atoms in total. The molecule has 84 valence electrons. The first-order valence-electron chi connectivity index (χ1n) is 4.45. The van der Waals surface area contributed by atoms with Gasteiger partial charge in [0.2, 0.25) is 0 Å². The molecule has 1 atom stereocenters. The average Bonchev–Trinajstić information content (AvgIpc) is 2.54. The minimum Gasteiger partial charge on any atom is -0.266 e. The van der Waals surface area contributed by atoms with E-state index in [9.17, 15) is 22.9 Å². The van der Waals surface area contributed by atoms with Gasteiger partial charge < -0.3 is 0 Å². The van der Waals surface area contributed by atoms with Crippen LogP contribution in [0.1, 0.15) is 32.5 Å². The topological polar surface area (TPSA) is 37.4 Å². The molecule has 1 aromatic carbocycles. The molecule has 1 aliphatic rings. The summed E-state index contributed by atoms with van der Waals surface area (Å²) in [6.45, 7) is -1.33. The molecule has 2 amide bonds. The zero-order valence-electron chi connectivity index (χ0n) is 7.91. The van der Waals surface area contributed by atoms with E-state index >= 15 is 0 Å². The number of amides is 2. The van der Waals surface area contributed by atoms with Crippen molar-refractivity contribution in [2.45, 2.75) is 6.17 Å². The first-order chi connectivity index (χ1) is 7.57. The van der Waals surface area contributed by atoms with Crippen molar-refractivity contribution in [3.05, 3.63) is 34.9 Å². The molecule has 0 radical (unpaired) electrons. The van der Waals surface area contributed by atoms with Crippen LogP contribution in [-0.4, -0.2) is 23.6 Å². The van der Waals surface area contributed by atoms with Crippen molar-refractivity contribution >= 4 is 11.8 Å². The van der Waals surface area contributed by atoms with Crippen molar-refractivity contribution in [1.82, 2.24) is 5.12 Å². The molecule has 16 heavy (non-hydrogen) atoms. The molecule has 1 aliphatic heterocycles. The number of carbonyl (C=O) groups excluding carboxylic acids is 2. The number of imide groups is 1. The summed E-state index contributed by atoms with van der Waals surface area (Å²) in [6, 6.07) is 3.64. The van der Waals surface area contributed by atoms with Gasteiger partial charge in [-0.15, -0.1) is 5.12 Å². The molecule has 2 rings (SSSR count). The van der Waals surface area contributed by atoms with Crippen molar-refractivity contribution in [3.63, 3.8) is 0 Å². The Labute approximate surface area is 88.4 Å². The van der Waals surface area contributed by atoms with E-state index in [2.05, 4.69) is 0 Å². The van der Waals surface area contributed by atoms with Crippen LogP contribution in [0, 0.1) is 0 Å². The molecule has 0 aliphatic carbocycles. The summed E-state index contributed by atoms with van der Waals surface area (Å²) >= 11 is 0. The van der Waals surface area contributed by atoms with Crippen molar-refractivity contribution < 1.29 is 22.9 Å². The monoisotopic (exact) mass is 229 g/mol. The van der Waals surface area contributed by atoms with Gasteiger partial charge in [0.05, 0.1) is 11.1 Å². The predicted octanol–water partition coefficient (Wildman–Crippen LogP) is 2.15. The first kappa shape index (κ1) is 10.7. The molecule has 1 aromatic rings. The van der Waals surface area contributed by atoms with Crippen LogP contribution in [0.4, 0.5) is 13.3 Å². The lowest BCUT2D eigenvalue weighted by atomic mass is 10.00. The molecule has 0 spiro atoms. The van der Waals surface area contributed by atoms with Gasteiger partial charge in [0.25, 0.3) is 11.8 Å².